The predicted molar refractivity (Wildman–Crippen MR) is 90.7 cm³/mol. The summed E-state index contributed by atoms with van der Waals surface area (Å²) in [6.45, 7) is 7.68. The summed E-state index contributed by atoms with van der Waals surface area (Å²) in [7, 11) is 0. The predicted octanol–water partition coefficient (Wildman–Crippen LogP) is 3.01. The monoisotopic (exact) mass is 328 g/mol. The second kappa shape index (κ2) is 4.93. The van der Waals surface area contributed by atoms with Crippen LogP contribution in [0.1, 0.15) is 42.0 Å². The van der Waals surface area contributed by atoms with E-state index in [4.69, 9.17) is 4.74 Å². The highest BCUT2D eigenvalue weighted by molar-refractivity contribution is 6.26. The fraction of sp³-hybridized carbons (Fsp3) is 0.550. The van der Waals surface area contributed by atoms with Gasteiger partial charge in [-0.1, -0.05) is 17.7 Å². The number of carbonyl (C=O) groups excluding carboxylic acids is 1. The zero-order chi connectivity index (χ0) is 17.4. The number of ether oxygens (including phenoxy) is 1. The fourth-order valence-corrected chi connectivity index (χ4v) is 5.33. The zero-order valence-corrected chi connectivity index (χ0v) is 14.6. The van der Waals surface area contributed by atoms with E-state index in [1.165, 1.54) is 0 Å². The van der Waals surface area contributed by atoms with E-state index in [1.54, 1.807) is 6.92 Å². The first kappa shape index (κ1) is 15.9. The molecule has 0 saturated carbocycles. The van der Waals surface area contributed by atoms with Gasteiger partial charge in [-0.3, -0.25) is 4.79 Å². The molecule has 1 aromatic carbocycles. The highest BCUT2D eigenvalue weighted by atomic mass is 16.5. The van der Waals surface area contributed by atoms with Gasteiger partial charge in [-0.2, -0.15) is 0 Å². The van der Waals surface area contributed by atoms with Crippen molar-refractivity contribution in [1.82, 2.24) is 0 Å². The van der Waals surface area contributed by atoms with Crippen molar-refractivity contribution in [3.8, 4) is 0 Å². The minimum Gasteiger partial charge on any atom is -0.511 e. The lowest BCUT2D eigenvalue weighted by atomic mass is 9.70. The van der Waals surface area contributed by atoms with E-state index in [9.17, 15) is 15.0 Å². The average Bonchev–Trinajstić information content (AvgIpc) is 3.13. The number of aliphatic hydroxyl groups is 2. The molecule has 5 atom stereocenters. The highest BCUT2D eigenvalue weighted by Gasteiger charge is 2.68. The van der Waals surface area contributed by atoms with Crippen LogP contribution >= 0.6 is 0 Å². The van der Waals surface area contributed by atoms with Crippen LogP contribution in [0, 0.1) is 32.6 Å². The number of ketones is 1. The van der Waals surface area contributed by atoms with Gasteiger partial charge in [0.15, 0.2) is 5.78 Å². The maximum absolute atomic E-state index is 13.2. The largest absolute Gasteiger partial charge is 0.511 e. The smallest absolute Gasteiger partial charge is 0.173 e. The normalized spacial score (nSPS) is 35.7. The number of hydrogen-bond acceptors (Lipinski definition) is 4. The first-order valence-corrected chi connectivity index (χ1v) is 8.69. The summed E-state index contributed by atoms with van der Waals surface area (Å²) < 4.78 is 6.03. The molecule has 4 rings (SSSR count). The number of aliphatic hydroxyl groups excluding tert-OH is 2. The molecule has 0 radical (unpaired) electrons. The minimum absolute atomic E-state index is 0.0280. The van der Waals surface area contributed by atoms with E-state index >= 15 is 0 Å². The molecular weight excluding hydrogens is 304 g/mol. The Labute approximate surface area is 142 Å². The van der Waals surface area contributed by atoms with Gasteiger partial charge in [0.2, 0.25) is 0 Å². The molecule has 1 unspecified atom stereocenters. The van der Waals surface area contributed by atoms with Crippen LogP contribution in [0.25, 0.3) is 5.57 Å². The van der Waals surface area contributed by atoms with E-state index in [2.05, 4.69) is 0 Å². The standard InChI is InChI=1S/C20H24O4/c1-9-7-10(2)14(11(3)8-9)16-18(22)15-13-5-6-20(24-13,12(4)21)17(15)19(16)23/h7-8,12-13,15,17,21,23H,5-6H2,1-4H3/t12?,13-,15-,17+,20-/m0/s1. The number of rotatable bonds is 2. The third-order valence-electron chi connectivity index (χ3n) is 6.21. The van der Waals surface area contributed by atoms with Gasteiger partial charge in [0.25, 0.3) is 0 Å². The van der Waals surface area contributed by atoms with Crippen molar-refractivity contribution >= 4 is 11.4 Å². The molecule has 2 heterocycles. The Kier molecular flexibility index (Phi) is 3.26. The van der Waals surface area contributed by atoms with Crippen LogP contribution in [0.5, 0.6) is 0 Å². The summed E-state index contributed by atoms with van der Waals surface area (Å²) in [4.78, 5) is 13.2. The Bertz CT molecular complexity index is 753. The molecule has 4 nitrogen and oxygen atoms in total. The van der Waals surface area contributed by atoms with Crippen molar-refractivity contribution < 1.29 is 19.7 Å². The van der Waals surface area contributed by atoms with Crippen LogP contribution in [0.3, 0.4) is 0 Å². The molecule has 4 heteroatoms. The van der Waals surface area contributed by atoms with Gasteiger partial charge in [0.05, 0.1) is 29.6 Å². The van der Waals surface area contributed by atoms with Crippen molar-refractivity contribution in [3.63, 3.8) is 0 Å². The number of hydrogen-bond donors (Lipinski definition) is 2. The molecule has 2 aliphatic heterocycles. The molecule has 0 amide bonds. The first-order chi connectivity index (χ1) is 11.3. The lowest BCUT2D eigenvalue weighted by molar-refractivity contribution is -0.118. The Balaban J connectivity index is 1.90. The average molecular weight is 328 g/mol. The number of allylic oxidation sites excluding steroid dienone is 1. The van der Waals surface area contributed by atoms with Crippen LogP contribution in [-0.2, 0) is 9.53 Å². The Morgan fingerprint density at radius 2 is 1.88 bits per heavy atom. The van der Waals surface area contributed by atoms with Crippen LogP contribution in [0.2, 0.25) is 0 Å². The number of carbonyl (C=O) groups is 1. The van der Waals surface area contributed by atoms with E-state index in [0.717, 1.165) is 28.7 Å². The number of aryl methyl sites for hydroxylation is 3. The van der Waals surface area contributed by atoms with Gasteiger partial charge in [0.1, 0.15) is 11.4 Å². The molecule has 1 aliphatic carbocycles. The molecule has 128 valence electrons. The van der Waals surface area contributed by atoms with E-state index in [0.29, 0.717) is 12.0 Å². The van der Waals surface area contributed by atoms with Crippen molar-refractivity contribution in [1.29, 1.82) is 0 Å². The number of Topliss-reactive ketones (excluding diaryl/α,β-unsaturated/α-hetero) is 1. The summed E-state index contributed by atoms with van der Waals surface area (Å²) in [5, 5.41) is 21.3. The summed E-state index contributed by atoms with van der Waals surface area (Å²) in [6, 6.07) is 4.08. The lowest BCUT2D eigenvalue weighted by Gasteiger charge is -2.35. The Morgan fingerprint density at radius 3 is 2.46 bits per heavy atom. The summed E-state index contributed by atoms with van der Waals surface area (Å²) >= 11 is 0. The van der Waals surface area contributed by atoms with Gasteiger partial charge in [0, 0.05) is 0 Å². The third kappa shape index (κ3) is 1.78. The van der Waals surface area contributed by atoms with Crippen LogP contribution in [-0.4, -0.2) is 33.8 Å². The van der Waals surface area contributed by atoms with Gasteiger partial charge in [-0.25, -0.2) is 0 Å². The van der Waals surface area contributed by atoms with Crippen LogP contribution < -0.4 is 0 Å². The van der Waals surface area contributed by atoms with E-state index < -0.39 is 17.6 Å². The summed E-state index contributed by atoms with van der Waals surface area (Å²) in [5.41, 5.74) is 3.62. The van der Waals surface area contributed by atoms with Crippen molar-refractivity contribution in [2.75, 3.05) is 0 Å². The lowest BCUT2D eigenvalue weighted by Crippen LogP contribution is -2.46. The molecule has 0 aromatic heterocycles. The summed E-state index contributed by atoms with van der Waals surface area (Å²) in [5.74, 6) is -0.690. The van der Waals surface area contributed by atoms with Gasteiger partial charge in [-0.05, 0) is 57.2 Å². The third-order valence-corrected chi connectivity index (χ3v) is 6.21. The minimum atomic E-state index is -0.816. The van der Waals surface area contributed by atoms with Gasteiger partial charge >= 0.3 is 0 Å². The van der Waals surface area contributed by atoms with Crippen molar-refractivity contribution in [2.45, 2.75) is 58.3 Å². The molecule has 2 N–H and O–H groups in total. The maximum Gasteiger partial charge on any atom is 0.173 e. The molecule has 1 aromatic rings. The summed E-state index contributed by atoms with van der Waals surface area (Å²) in [6.07, 6.45) is 0.548. The van der Waals surface area contributed by atoms with E-state index in [-0.39, 0.29) is 23.6 Å². The molecular formula is C20H24O4. The van der Waals surface area contributed by atoms with Gasteiger partial charge in [-0.15, -0.1) is 0 Å². The second-order valence-corrected chi connectivity index (χ2v) is 7.73. The fourth-order valence-electron chi connectivity index (χ4n) is 5.33. The second-order valence-electron chi connectivity index (χ2n) is 7.73. The van der Waals surface area contributed by atoms with Gasteiger partial charge < -0.3 is 14.9 Å². The molecule has 2 fully saturated rings. The number of fused-ring (bicyclic) bond motifs is 5. The van der Waals surface area contributed by atoms with Crippen molar-refractivity contribution in [3.05, 3.63) is 40.1 Å². The SMILES string of the molecule is Cc1cc(C)c(C2=C(O)[C@H]3[C@@H](C2=O)[C@@H]2CC[C@@]3(C(C)O)O2)c(C)c1. The first-order valence-electron chi connectivity index (χ1n) is 8.69. The zero-order valence-electron chi connectivity index (χ0n) is 14.6. The van der Waals surface area contributed by atoms with E-state index in [1.807, 2.05) is 32.9 Å². The van der Waals surface area contributed by atoms with Crippen molar-refractivity contribution in [2.24, 2.45) is 11.8 Å². The Morgan fingerprint density at radius 1 is 1.25 bits per heavy atom. The molecule has 2 saturated heterocycles. The molecule has 2 bridgehead atoms. The highest BCUT2D eigenvalue weighted by Crippen LogP contribution is 2.60. The Hall–Kier alpha value is -1.65. The maximum atomic E-state index is 13.2. The van der Waals surface area contributed by atoms with Crippen LogP contribution in [0.15, 0.2) is 17.9 Å². The molecule has 24 heavy (non-hydrogen) atoms. The molecule has 3 aliphatic rings. The quantitative estimate of drug-likeness (QED) is 0.876. The molecule has 0 spiro atoms. The number of benzene rings is 1. The topological polar surface area (TPSA) is 66.8 Å². The van der Waals surface area contributed by atoms with Crippen LogP contribution in [0.4, 0.5) is 0 Å².